The highest BCUT2D eigenvalue weighted by molar-refractivity contribution is 6.03. The maximum Gasteiger partial charge on any atom is 0.339 e. The number of benzene rings is 1. The molecule has 0 saturated carbocycles. The molecule has 1 rings (SSSR count). The van der Waals surface area contributed by atoms with Crippen molar-refractivity contribution < 1.29 is 19.1 Å². The molecule has 0 heterocycles. The van der Waals surface area contributed by atoms with Gasteiger partial charge in [-0.1, -0.05) is 84.3 Å². The molecule has 0 saturated heterocycles. The Hall–Kier alpha value is -1.84. The molecule has 0 spiro atoms. The predicted molar refractivity (Wildman–Crippen MR) is 114 cm³/mol. The molecule has 0 bridgehead atoms. The second-order valence-electron chi connectivity index (χ2n) is 7.46. The van der Waals surface area contributed by atoms with Gasteiger partial charge in [0.2, 0.25) is 0 Å². The molecule has 28 heavy (non-hydrogen) atoms. The van der Waals surface area contributed by atoms with Gasteiger partial charge in [-0.3, -0.25) is 0 Å². The van der Waals surface area contributed by atoms with E-state index in [9.17, 15) is 9.59 Å². The van der Waals surface area contributed by atoms with Crippen LogP contribution in [0, 0.1) is 5.92 Å². The third-order valence-electron chi connectivity index (χ3n) is 5.09. The summed E-state index contributed by atoms with van der Waals surface area (Å²) in [6.45, 7) is 7.26. The number of carbonyl (C=O) groups excluding carboxylic acids is 2. The Labute approximate surface area is 171 Å². The fourth-order valence-corrected chi connectivity index (χ4v) is 3.13. The van der Waals surface area contributed by atoms with E-state index in [0.717, 1.165) is 38.5 Å². The van der Waals surface area contributed by atoms with E-state index in [1.165, 1.54) is 25.7 Å². The first-order valence-corrected chi connectivity index (χ1v) is 11.1. The first-order chi connectivity index (χ1) is 13.6. The summed E-state index contributed by atoms with van der Waals surface area (Å²) in [4.78, 5) is 24.9. The minimum absolute atomic E-state index is 0.292. The second-order valence-corrected chi connectivity index (χ2v) is 7.46. The van der Waals surface area contributed by atoms with Crippen LogP contribution in [0.2, 0.25) is 0 Å². The summed E-state index contributed by atoms with van der Waals surface area (Å²) in [5.74, 6) is -0.517. The average Bonchev–Trinajstić information content (AvgIpc) is 2.72. The van der Waals surface area contributed by atoms with Crippen LogP contribution in [-0.2, 0) is 9.47 Å². The number of carbonyl (C=O) groups is 2. The third kappa shape index (κ3) is 9.38. The molecule has 0 aromatic heterocycles. The number of esters is 2. The molecular weight excluding hydrogens is 352 g/mol. The van der Waals surface area contributed by atoms with Crippen LogP contribution >= 0.6 is 0 Å². The largest absolute Gasteiger partial charge is 0.462 e. The number of rotatable bonds is 15. The predicted octanol–water partition coefficient (Wildman–Crippen LogP) is 6.58. The Morgan fingerprint density at radius 2 is 1.36 bits per heavy atom. The SMILES string of the molecule is CCCCCCCCOC(=O)c1ccccc1C(=O)OCC(CC)CCCC. The first kappa shape index (κ1) is 24.2. The van der Waals surface area contributed by atoms with E-state index in [-0.39, 0.29) is 0 Å². The van der Waals surface area contributed by atoms with E-state index >= 15 is 0 Å². The summed E-state index contributed by atoms with van der Waals surface area (Å²) in [7, 11) is 0. The summed E-state index contributed by atoms with van der Waals surface area (Å²) in [5.41, 5.74) is 0.584. The van der Waals surface area contributed by atoms with Gasteiger partial charge in [-0.25, -0.2) is 9.59 Å². The van der Waals surface area contributed by atoms with Gasteiger partial charge in [0.15, 0.2) is 0 Å². The molecule has 1 atom stereocenters. The van der Waals surface area contributed by atoms with Gasteiger partial charge < -0.3 is 9.47 Å². The molecule has 0 fully saturated rings. The number of ether oxygens (including phenoxy) is 2. The number of hydrogen-bond donors (Lipinski definition) is 0. The molecule has 4 heteroatoms. The van der Waals surface area contributed by atoms with Crippen LogP contribution in [0.4, 0.5) is 0 Å². The first-order valence-electron chi connectivity index (χ1n) is 11.1. The number of hydrogen-bond acceptors (Lipinski definition) is 4. The van der Waals surface area contributed by atoms with Crippen LogP contribution in [0.15, 0.2) is 24.3 Å². The second kappa shape index (κ2) is 15.1. The molecule has 158 valence electrons. The van der Waals surface area contributed by atoms with Crippen molar-refractivity contribution in [1.29, 1.82) is 0 Å². The zero-order valence-electron chi connectivity index (χ0n) is 18.0. The van der Waals surface area contributed by atoms with Crippen LogP contribution in [-0.4, -0.2) is 25.2 Å². The normalized spacial score (nSPS) is 11.8. The van der Waals surface area contributed by atoms with Crippen molar-refractivity contribution in [1.82, 2.24) is 0 Å². The molecule has 4 nitrogen and oxygen atoms in total. The molecule has 0 aliphatic carbocycles. The average molecular weight is 391 g/mol. The van der Waals surface area contributed by atoms with Crippen molar-refractivity contribution >= 4 is 11.9 Å². The van der Waals surface area contributed by atoms with E-state index in [1.807, 2.05) is 0 Å². The van der Waals surface area contributed by atoms with Crippen molar-refractivity contribution in [2.45, 2.75) is 85.0 Å². The lowest BCUT2D eigenvalue weighted by Crippen LogP contribution is -2.17. The monoisotopic (exact) mass is 390 g/mol. The van der Waals surface area contributed by atoms with Crippen LogP contribution in [0.1, 0.15) is 106 Å². The highest BCUT2D eigenvalue weighted by Crippen LogP contribution is 2.16. The van der Waals surface area contributed by atoms with Crippen LogP contribution in [0.3, 0.4) is 0 Å². The summed E-state index contributed by atoms with van der Waals surface area (Å²) in [5, 5.41) is 0. The maximum atomic E-state index is 12.5. The summed E-state index contributed by atoms with van der Waals surface area (Å²) >= 11 is 0. The van der Waals surface area contributed by atoms with Gasteiger partial charge >= 0.3 is 11.9 Å². The van der Waals surface area contributed by atoms with Crippen LogP contribution < -0.4 is 0 Å². The van der Waals surface area contributed by atoms with Gasteiger partial charge in [0, 0.05) is 0 Å². The van der Waals surface area contributed by atoms with Gasteiger partial charge in [-0.2, -0.15) is 0 Å². The minimum Gasteiger partial charge on any atom is -0.462 e. The zero-order valence-corrected chi connectivity index (χ0v) is 18.0. The molecule has 0 aliphatic rings. The van der Waals surface area contributed by atoms with Gasteiger partial charge in [-0.05, 0) is 30.9 Å². The van der Waals surface area contributed by atoms with Gasteiger partial charge in [0.25, 0.3) is 0 Å². The molecular formula is C24H38O4. The molecule has 0 radical (unpaired) electrons. The molecule has 0 amide bonds. The van der Waals surface area contributed by atoms with Crippen LogP contribution in [0.25, 0.3) is 0 Å². The fraction of sp³-hybridized carbons (Fsp3) is 0.667. The Morgan fingerprint density at radius 3 is 1.96 bits per heavy atom. The van der Waals surface area contributed by atoms with Crippen molar-refractivity contribution in [2.75, 3.05) is 13.2 Å². The van der Waals surface area contributed by atoms with Crippen molar-refractivity contribution in [3.05, 3.63) is 35.4 Å². The fourth-order valence-electron chi connectivity index (χ4n) is 3.13. The molecule has 0 aliphatic heterocycles. The van der Waals surface area contributed by atoms with E-state index in [1.54, 1.807) is 24.3 Å². The molecule has 1 aromatic carbocycles. The highest BCUT2D eigenvalue weighted by Gasteiger charge is 2.20. The standard InChI is InChI=1S/C24H38O4/c1-4-7-9-10-11-14-18-27-23(25)21-16-12-13-17-22(21)24(26)28-19-20(6-3)15-8-5-2/h12-13,16-17,20H,4-11,14-15,18-19H2,1-3H3. The Kier molecular flexibility index (Phi) is 13.1. The molecule has 1 unspecified atom stereocenters. The lowest BCUT2D eigenvalue weighted by atomic mass is 10.0. The highest BCUT2D eigenvalue weighted by atomic mass is 16.5. The van der Waals surface area contributed by atoms with Crippen LogP contribution in [0.5, 0.6) is 0 Å². The topological polar surface area (TPSA) is 52.6 Å². The summed E-state index contributed by atoms with van der Waals surface area (Å²) in [6, 6.07) is 6.76. The Bertz CT molecular complexity index is 567. The quantitative estimate of drug-likeness (QED) is 0.251. The van der Waals surface area contributed by atoms with E-state index in [4.69, 9.17) is 9.47 Å². The van der Waals surface area contributed by atoms with Gasteiger partial charge in [0.05, 0.1) is 24.3 Å². The Morgan fingerprint density at radius 1 is 0.786 bits per heavy atom. The maximum absolute atomic E-state index is 12.5. The van der Waals surface area contributed by atoms with Gasteiger partial charge in [0.1, 0.15) is 0 Å². The zero-order chi connectivity index (χ0) is 20.6. The van der Waals surface area contributed by atoms with E-state index in [2.05, 4.69) is 20.8 Å². The van der Waals surface area contributed by atoms with Gasteiger partial charge in [-0.15, -0.1) is 0 Å². The van der Waals surface area contributed by atoms with Crippen molar-refractivity contribution in [3.63, 3.8) is 0 Å². The van der Waals surface area contributed by atoms with E-state index in [0.29, 0.717) is 30.3 Å². The number of unbranched alkanes of at least 4 members (excludes halogenated alkanes) is 6. The lowest BCUT2D eigenvalue weighted by molar-refractivity contribution is 0.0404. The minimum atomic E-state index is -0.445. The smallest absolute Gasteiger partial charge is 0.339 e. The molecule has 0 N–H and O–H groups in total. The summed E-state index contributed by atoms with van der Waals surface area (Å²) in [6.07, 6.45) is 11.1. The Balaban J connectivity index is 2.51. The van der Waals surface area contributed by atoms with E-state index < -0.39 is 11.9 Å². The summed E-state index contributed by atoms with van der Waals surface area (Å²) < 4.78 is 10.9. The third-order valence-corrected chi connectivity index (χ3v) is 5.09. The van der Waals surface area contributed by atoms with Crippen molar-refractivity contribution in [2.24, 2.45) is 5.92 Å². The lowest BCUT2D eigenvalue weighted by Gasteiger charge is -2.15. The molecule has 1 aromatic rings. The van der Waals surface area contributed by atoms with Crippen molar-refractivity contribution in [3.8, 4) is 0 Å².